The maximum Gasteiger partial charge on any atom is -0.00834 e. The molecule has 1 radical (unpaired) electrons. The molecule has 0 nitrogen and oxygen atoms in total. The van der Waals surface area contributed by atoms with E-state index in [1.54, 1.807) is 0 Å². The predicted octanol–water partition coefficient (Wildman–Crippen LogP) is 3.85. The molecule has 0 spiro atoms. The fraction of sp³-hybridized carbons (Fsp3) is 0.133. The van der Waals surface area contributed by atoms with Crippen LogP contribution in [-0.2, 0) is 6.42 Å². The van der Waals surface area contributed by atoms with Crippen LogP contribution in [0.15, 0.2) is 48.5 Å². The Morgan fingerprint density at radius 2 is 1.47 bits per heavy atom. The average Bonchev–Trinajstić information content (AvgIpc) is 2.48. The third kappa shape index (κ3) is 1.46. The van der Waals surface area contributed by atoms with Crippen molar-refractivity contribution in [3.05, 3.63) is 66.1 Å². The van der Waals surface area contributed by atoms with E-state index < -0.39 is 0 Å². The fourth-order valence-corrected chi connectivity index (χ4v) is 2.30. The van der Waals surface area contributed by atoms with E-state index in [9.17, 15) is 0 Å². The molecule has 0 N–H and O–H groups in total. The van der Waals surface area contributed by atoms with Crippen molar-refractivity contribution >= 4 is 0 Å². The summed E-state index contributed by atoms with van der Waals surface area (Å²) in [5, 5.41) is 0. The van der Waals surface area contributed by atoms with E-state index >= 15 is 0 Å². The van der Waals surface area contributed by atoms with Crippen LogP contribution >= 0.6 is 0 Å². The molecule has 0 bridgehead atoms. The highest BCUT2D eigenvalue weighted by molar-refractivity contribution is 5.73. The highest BCUT2D eigenvalue weighted by atomic mass is 14.2. The van der Waals surface area contributed by atoms with Crippen molar-refractivity contribution in [2.75, 3.05) is 0 Å². The van der Waals surface area contributed by atoms with Gasteiger partial charge in [0.2, 0.25) is 0 Å². The van der Waals surface area contributed by atoms with E-state index in [0.29, 0.717) is 0 Å². The molecule has 0 saturated heterocycles. The summed E-state index contributed by atoms with van der Waals surface area (Å²) in [6.07, 6.45) is 4.65. The first-order valence-corrected chi connectivity index (χ1v) is 5.46. The maximum absolute atomic E-state index is 2.34. The maximum atomic E-state index is 2.34. The van der Waals surface area contributed by atoms with Crippen LogP contribution in [0.1, 0.15) is 17.5 Å². The van der Waals surface area contributed by atoms with Crippen molar-refractivity contribution in [1.82, 2.24) is 0 Å². The van der Waals surface area contributed by atoms with Crippen molar-refractivity contribution in [2.24, 2.45) is 0 Å². The van der Waals surface area contributed by atoms with E-state index in [-0.39, 0.29) is 0 Å². The second-order valence-electron chi connectivity index (χ2n) is 3.99. The van der Waals surface area contributed by atoms with E-state index in [4.69, 9.17) is 0 Å². The molecule has 1 aliphatic rings. The molecule has 0 aromatic heterocycles. The summed E-state index contributed by atoms with van der Waals surface area (Å²) in [5.41, 5.74) is 5.63. The predicted molar refractivity (Wildman–Crippen MR) is 63.6 cm³/mol. The van der Waals surface area contributed by atoms with Gasteiger partial charge >= 0.3 is 0 Å². The van der Waals surface area contributed by atoms with E-state index in [2.05, 4.69) is 55.0 Å². The zero-order valence-electron chi connectivity index (χ0n) is 8.61. The van der Waals surface area contributed by atoms with Crippen molar-refractivity contribution in [3.8, 4) is 11.1 Å². The largest absolute Gasteiger partial charge is 0.0620 e. The third-order valence-electron chi connectivity index (χ3n) is 3.05. The minimum absolute atomic E-state index is 1.15. The van der Waals surface area contributed by atoms with Gasteiger partial charge in [0.1, 0.15) is 0 Å². The minimum Gasteiger partial charge on any atom is -0.0620 e. The summed E-state index contributed by atoms with van der Waals surface area (Å²) in [4.78, 5) is 0. The van der Waals surface area contributed by atoms with Gasteiger partial charge in [0.05, 0.1) is 0 Å². The lowest BCUT2D eigenvalue weighted by molar-refractivity contribution is 0.966. The molecule has 2 aromatic rings. The molecule has 2 aromatic carbocycles. The van der Waals surface area contributed by atoms with Gasteiger partial charge in [0, 0.05) is 0 Å². The molecular weight excluding hydrogens is 180 g/mol. The lowest BCUT2D eigenvalue weighted by Gasteiger charge is -2.07. The van der Waals surface area contributed by atoms with E-state index in [0.717, 1.165) is 12.8 Å². The van der Waals surface area contributed by atoms with Crippen LogP contribution in [0.3, 0.4) is 0 Å². The molecule has 0 saturated carbocycles. The Bertz CT molecular complexity index is 437. The van der Waals surface area contributed by atoms with Crippen LogP contribution in [0.4, 0.5) is 0 Å². The molecule has 0 amide bonds. The summed E-state index contributed by atoms with van der Waals surface area (Å²) in [6, 6.07) is 17.4. The standard InChI is InChI=1S/C15H13/c1-3-10-14-12(6-1)8-5-9-13-7-2-4-11-15(13)14/h1-4,6-8,10-11H,5,9H2. The van der Waals surface area contributed by atoms with Gasteiger partial charge in [-0.2, -0.15) is 0 Å². The second-order valence-corrected chi connectivity index (χ2v) is 3.99. The van der Waals surface area contributed by atoms with Crippen molar-refractivity contribution in [1.29, 1.82) is 0 Å². The summed E-state index contributed by atoms with van der Waals surface area (Å²) >= 11 is 0. The monoisotopic (exact) mass is 193 g/mol. The first-order valence-electron chi connectivity index (χ1n) is 5.46. The number of hydrogen-bond acceptors (Lipinski definition) is 0. The smallest absolute Gasteiger partial charge is 0.00834 e. The molecule has 73 valence electrons. The van der Waals surface area contributed by atoms with Gasteiger partial charge < -0.3 is 0 Å². The summed E-state index contributed by atoms with van der Waals surface area (Å²) < 4.78 is 0. The molecule has 0 aliphatic heterocycles. The zero-order chi connectivity index (χ0) is 10.1. The van der Waals surface area contributed by atoms with Gasteiger partial charge in [-0.05, 0) is 41.5 Å². The van der Waals surface area contributed by atoms with Crippen LogP contribution in [0.2, 0.25) is 0 Å². The summed E-state index contributed by atoms with van der Waals surface area (Å²) in [7, 11) is 0. The summed E-state index contributed by atoms with van der Waals surface area (Å²) in [6.45, 7) is 0. The Morgan fingerprint density at radius 3 is 2.40 bits per heavy atom. The Morgan fingerprint density at radius 1 is 0.733 bits per heavy atom. The highest BCUT2D eigenvalue weighted by Gasteiger charge is 2.12. The van der Waals surface area contributed by atoms with Gasteiger partial charge in [-0.3, -0.25) is 0 Å². The van der Waals surface area contributed by atoms with Gasteiger partial charge in [-0.15, -0.1) is 0 Å². The lowest BCUT2D eigenvalue weighted by Crippen LogP contribution is -1.86. The van der Waals surface area contributed by atoms with Gasteiger partial charge in [0.25, 0.3) is 0 Å². The highest BCUT2D eigenvalue weighted by Crippen LogP contribution is 2.32. The zero-order valence-corrected chi connectivity index (χ0v) is 8.61. The molecule has 0 unspecified atom stereocenters. The quantitative estimate of drug-likeness (QED) is 0.596. The van der Waals surface area contributed by atoms with Crippen molar-refractivity contribution in [2.45, 2.75) is 12.8 Å². The Hall–Kier alpha value is -1.56. The Labute approximate surface area is 90.6 Å². The van der Waals surface area contributed by atoms with Crippen molar-refractivity contribution in [3.63, 3.8) is 0 Å². The van der Waals surface area contributed by atoms with E-state index in [1.165, 1.54) is 22.3 Å². The number of hydrogen-bond donors (Lipinski definition) is 0. The molecule has 1 aliphatic carbocycles. The Kier molecular flexibility index (Phi) is 2.06. The molecule has 3 rings (SSSR count). The third-order valence-corrected chi connectivity index (χ3v) is 3.05. The van der Waals surface area contributed by atoms with Crippen molar-refractivity contribution < 1.29 is 0 Å². The topological polar surface area (TPSA) is 0 Å². The van der Waals surface area contributed by atoms with E-state index in [1.807, 2.05) is 0 Å². The first kappa shape index (κ1) is 8.72. The van der Waals surface area contributed by atoms with Crippen LogP contribution < -0.4 is 0 Å². The second kappa shape index (κ2) is 3.54. The SMILES string of the molecule is [CH]1CCc2ccccc2-c2ccccc21. The number of benzene rings is 2. The first-order chi connectivity index (χ1) is 7.45. The fourth-order valence-electron chi connectivity index (χ4n) is 2.30. The number of aryl methyl sites for hydroxylation is 1. The Balaban J connectivity index is 2.27. The molecule has 0 heterocycles. The minimum atomic E-state index is 1.15. The van der Waals surface area contributed by atoms with Crippen LogP contribution in [-0.4, -0.2) is 0 Å². The lowest BCUT2D eigenvalue weighted by atomic mass is 9.97. The molecule has 0 heteroatoms. The number of rotatable bonds is 0. The van der Waals surface area contributed by atoms with Gasteiger partial charge in [0.15, 0.2) is 0 Å². The molecule has 0 fully saturated rings. The van der Waals surface area contributed by atoms with Gasteiger partial charge in [-0.1, -0.05) is 48.5 Å². The molecule has 15 heavy (non-hydrogen) atoms. The number of fused-ring (bicyclic) bond motifs is 3. The van der Waals surface area contributed by atoms with Crippen LogP contribution in [0.5, 0.6) is 0 Å². The van der Waals surface area contributed by atoms with Gasteiger partial charge in [-0.25, -0.2) is 0 Å². The average molecular weight is 193 g/mol. The molecule has 0 atom stereocenters. The summed E-state index contributed by atoms with van der Waals surface area (Å²) in [5.74, 6) is 0. The normalized spacial score (nSPS) is 13.9. The van der Waals surface area contributed by atoms with Crippen LogP contribution in [0, 0.1) is 6.42 Å². The molecular formula is C15H13. The van der Waals surface area contributed by atoms with Crippen LogP contribution in [0.25, 0.3) is 11.1 Å².